The molecule has 18 heavy (non-hydrogen) atoms. The molecule has 0 aliphatic carbocycles. The van der Waals surface area contributed by atoms with E-state index in [1.54, 1.807) is 6.20 Å². The third-order valence-corrected chi connectivity index (χ3v) is 2.57. The number of rotatable bonds is 3. The van der Waals surface area contributed by atoms with Gasteiger partial charge in [0.2, 0.25) is 0 Å². The summed E-state index contributed by atoms with van der Waals surface area (Å²) in [6.07, 6.45) is 1.67. The maximum absolute atomic E-state index is 11.8. The van der Waals surface area contributed by atoms with Crippen LogP contribution in [0.25, 0.3) is 0 Å². The molecule has 6 heteroatoms. The molecule has 0 saturated heterocycles. The van der Waals surface area contributed by atoms with Crippen molar-refractivity contribution < 1.29 is 4.79 Å². The standard InChI is InChI=1S/C12H9Cl2N3O/c13-10-5-8(6-11(14)17-10)12(18)16-7-9-3-1-2-4-15-9/h1-6H,7H2,(H,16,18). The Labute approximate surface area is 114 Å². The van der Waals surface area contributed by atoms with Gasteiger partial charge in [-0.3, -0.25) is 9.78 Å². The van der Waals surface area contributed by atoms with Gasteiger partial charge in [-0.1, -0.05) is 29.3 Å². The number of nitrogens with one attached hydrogen (secondary N) is 1. The van der Waals surface area contributed by atoms with Crippen molar-refractivity contribution in [2.75, 3.05) is 0 Å². The smallest absolute Gasteiger partial charge is 0.251 e. The molecule has 4 nitrogen and oxygen atoms in total. The number of carbonyl (C=O) groups excluding carboxylic acids is 1. The van der Waals surface area contributed by atoms with E-state index < -0.39 is 0 Å². The lowest BCUT2D eigenvalue weighted by Gasteiger charge is -2.05. The normalized spacial score (nSPS) is 10.1. The van der Waals surface area contributed by atoms with Crippen molar-refractivity contribution in [1.29, 1.82) is 0 Å². The van der Waals surface area contributed by atoms with Gasteiger partial charge >= 0.3 is 0 Å². The number of hydrogen-bond acceptors (Lipinski definition) is 3. The first-order valence-corrected chi connectivity index (χ1v) is 5.92. The van der Waals surface area contributed by atoms with Gasteiger partial charge in [-0.05, 0) is 24.3 Å². The molecule has 0 unspecified atom stereocenters. The maximum atomic E-state index is 11.8. The zero-order valence-electron chi connectivity index (χ0n) is 9.23. The van der Waals surface area contributed by atoms with Crippen LogP contribution in [-0.2, 0) is 6.54 Å². The first kappa shape index (κ1) is 12.8. The van der Waals surface area contributed by atoms with Crippen LogP contribution in [0.1, 0.15) is 16.1 Å². The molecule has 0 saturated carbocycles. The molecular formula is C12H9Cl2N3O. The predicted octanol–water partition coefficient (Wildman–Crippen LogP) is 2.71. The van der Waals surface area contributed by atoms with E-state index in [2.05, 4.69) is 15.3 Å². The van der Waals surface area contributed by atoms with E-state index in [-0.39, 0.29) is 16.2 Å². The number of nitrogens with zero attached hydrogens (tertiary/aromatic N) is 2. The first-order valence-electron chi connectivity index (χ1n) is 5.16. The molecule has 0 fully saturated rings. The summed E-state index contributed by atoms with van der Waals surface area (Å²) in [4.78, 5) is 19.7. The summed E-state index contributed by atoms with van der Waals surface area (Å²) in [5, 5.41) is 3.09. The van der Waals surface area contributed by atoms with Crippen LogP contribution in [0.3, 0.4) is 0 Å². The van der Waals surface area contributed by atoms with Crippen LogP contribution in [0.5, 0.6) is 0 Å². The number of halogens is 2. The Morgan fingerprint density at radius 1 is 1.22 bits per heavy atom. The lowest BCUT2D eigenvalue weighted by Crippen LogP contribution is -2.23. The summed E-state index contributed by atoms with van der Waals surface area (Å²) < 4.78 is 0. The second kappa shape index (κ2) is 5.80. The van der Waals surface area contributed by atoms with E-state index in [9.17, 15) is 4.79 Å². The summed E-state index contributed by atoms with van der Waals surface area (Å²) in [6, 6.07) is 8.41. The summed E-state index contributed by atoms with van der Waals surface area (Å²) >= 11 is 11.4. The van der Waals surface area contributed by atoms with Gasteiger partial charge in [0.1, 0.15) is 10.3 Å². The lowest BCUT2D eigenvalue weighted by atomic mass is 10.2. The minimum atomic E-state index is -0.271. The second-order valence-corrected chi connectivity index (χ2v) is 4.28. The molecule has 92 valence electrons. The Morgan fingerprint density at radius 3 is 2.56 bits per heavy atom. The van der Waals surface area contributed by atoms with E-state index in [1.807, 2.05) is 18.2 Å². The number of amides is 1. The molecule has 0 aliphatic heterocycles. The van der Waals surface area contributed by atoms with Gasteiger partial charge in [0.25, 0.3) is 5.91 Å². The summed E-state index contributed by atoms with van der Waals surface area (Å²) in [7, 11) is 0. The second-order valence-electron chi connectivity index (χ2n) is 3.51. The van der Waals surface area contributed by atoms with Gasteiger partial charge in [0, 0.05) is 11.8 Å². The molecule has 2 aromatic heterocycles. The molecule has 0 spiro atoms. The quantitative estimate of drug-likeness (QED) is 0.881. The molecule has 0 atom stereocenters. The Hall–Kier alpha value is -1.65. The van der Waals surface area contributed by atoms with Crippen molar-refractivity contribution >= 4 is 29.1 Å². The fraction of sp³-hybridized carbons (Fsp3) is 0.0833. The van der Waals surface area contributed by atoms with Gasteiger partial charge in [-0.25, -0.2) is 4.98 Å². The van der Waals surface area contributed by atoms with Crippen molar-refractivity contribution in [3.05, 3.63) is 58.1 Å². The molecular weight excluding hydrogens is 273 g/mol. The molecule has 0 aliphatic rings. The number of pyridine rings is 2. The van der Waals surface area contributed by atoms with Crippen LogP contribution in [-0.4, -0.2) is 15.9 Å². The van der Waals surface area contributed by atoms with Gasteiger partial charge in [-0.15, -0.1) is 0 Å². The van der Waals surface area contributed by atoms with E-state index in [0.717, 1.165) is 5.69 Å². The number of aromatic nitrogens is 2. The average molecular weight is 282 g/mol. The summed E-state index contributed by atoms with van der Waals surface area (Å²) in [6.45, 7) is 0.344. The molecule has 0 aromatic carbocycles. The van der Waals surface area contributed by atoms with E-state index in [0.29, 0.717) is 12.1 Å². The van der Waals surface area contributed by atoms with Crippen LogP contribution in [0, 0.1) is 0 Å². The molecule has 0 radical (unpaired) electrons. The highest BCUT2D eigenvalue weighted by Gasteiger charge is 2.08. The monoisotopic (exact) mass is 281 g/mol. The Bertz CT molecular complexity index is 540. The Balaban J connectivity index is 2.04. The van der Waals surface area contributed by atoms with E-state index in [4.69, 9.17) is 23.2 Å². The van der Waals surface area contributed by atoms with Gasteiger partial charge in [0.05, 0.1) is 12.2 Å². The molecule has 2 heterocycles. The topological polar surface area (TPSA) is 54.9 Å². The first-order chi connectivity index (χ1) is 8.65. The Kier molecular flexibility index (Phi) is 4.12. The Morgan fingerprint density at radius 2 is 1.94 bits per heavy atom. The minimum absolute atomic E-state index is 0.186. The third-order valence-electron chi connectivity index (χ3n) is 2.18. The minimum Gasteiger partial charge on any atom is -0.346 e. The molecule has 2 aromatic rings. The molecule has 0 bridgehead atoms. The SMILES string of the molecule is O=C(NCc1ccccn1)c1cc(Cl)nc(Cl)c1. The number of carbonyl (C=O) groups is 1. The summed E-state index contributed by atoms with van der Waals surface area (Å²) in [5.41, 5.74) is 1.15. The van der Waals surface area contributed by atoms with Crippen molar-refractivity contribution in [2.45, 2.75) is 6.54 Å². The lowest BCUT2D eigenvalue weighted by molar-refractivity contribution is 0.0950. The third kappa shape index (κ3) is 3.42. The van der Waals surface area contributed by atoms with Crippen LogP contribution < -0.4 is 5.32 Å². The zero-order valence-corrected chi connectivity index (χ0v) is 10.7. The molecule has 2 rings (SSSR count). The van der Waals surface area contributed by atoms with Crippen LogP contribution in [0.4, 0.5) is 0 Å². The van der Waals surface area contributed by atoms with Crippen LogP contribution in [0.2, 0.25) is 10.3 Å². The van der Waals surface area contributed by atoms with Gasteiger partial charge in [-0.2, -0.15) is 0 Å². The van der Waals surface area contributed by atoms with E-state index >= 15 is 0 Å². The van der Waals surface area contributed by atoms with Gasteiger partial charge < -0.3 is 5.32 Å². The fourth-order valence-corrected chi connectivity index (χ4v) is 1.83. The number of hydrogen-bond donors (Lipinski definition) is 1. The highest BCUT2D eigenvalue weighted by atomic mass is 35.5. The zero-order chi connectivity index (χ0) is 13.0. The van der Waals surface area contributed by atoms with Gasteiger partial charge in [0.15, 0.2) is 0 Å². The molecule has 1 N–H and O–H groups in total. The van der Waals surface area contributed by atoms with Crippen molar-refractivity contribution in [2.24, 2.45) is 0 Å². The van der Waals surface area contributed by atoms with Crippen molar-refractivity contribution in [3.8, 4) is 0 Å². The largest absolute Gasteiger partial charge is 0.346 e. The van der Waals surface area contributed by atoms with E-state index in [1.165, 1.54) is 12.1 Å². The molecule has 1 amide bonds. The average Bonchev–Trinajstić information content (AvgIpc) is 2.36. The van der Waals surface area contributed by atoms with Crippen molar-refractivity contribution in [1.82, 2.24) is 15.3 Å². The maximum Gasteiger partial charge on any atom is 0.251 e. The van der Waals surface area contributed by atoms with Crippen molar-refractivity contribution in [3.63, 3.8) is 0 Å². The predicted molar refractivity (Wildman–Crippen MR) is 69.7 cm³/mol. The highest BCUT2D eigenvalue weighted by molar-refractivity contribution is 6.33. The summed E-state index contributed by atoms with van der Waals surface area (Å²) in [5.74, 6) is -0.271. The van der Waals surface area contributed by atoms with Crippen LogP contribution in [0.15, 0.2) is 36.5 Å². The fourth-order valence-electron chi connectivity index (χ4n) is 1.37. The van der Waals surface area contributed by atoms with Crippen LogP contribution >= 0.6 is 23.2 Å². The highest BCUT2D eigenvalue weighted by Crippen LogP contribution is 2.14.